The van der Waals surface area contributed by atoms with Gasteiger partial charge in [0.05, 0.1) is 12.6 Å². The summed E-state index contributed by atoms with van der Waals surface area (Å²) < 4.78 is 5.50. The molecule has 0 amide bonds. The SMILES string of the molecule is CCc1ccccc1OCC(N)CO. The van der Waals surface area contributed by atoms with E-state index in [2.05, 4.69) is 6.92 Å². The van der Waals surface area contributed by atoms with Gasteiger partial charge >= 0.3 is 0 Å². The van der Waals surface area contributed by atoms with Gasteiger partial charge in [-0.3, -0.25) is 0 Å². The van der Waals surface area contributed by atoms with Crippen molar-refractivity contribution in [2.24, 2.45) is 5.73 Å². The van der Waals surface area contributed by atoms with Crippen LogP contribution in [0.5, 0.6) is 5.75 Å². The van der Waals surface area contributed by atoms with E-state index in [4.69, 9.17) is 15.6 Å². The van der Waals surface area contributed by atoms with Gasteiger partial charge in [-0.15, -0.1) is 0 Å². The van der Waals surface area contributed by atoms with Gasteiger partial charge in [0.25, 0.3) is 0 Å². The molecule has 1 rings (SSSR count). The molecule has 1 aromatic rings. The zero-order valence-corrected chi connectivity index (χ0v) is 8.44. The molecule has 0 radical (unpaired) electrons. The highest BCUT2D eigenvalue weighted by Gasteiger charge is 2.04. The molecular weight excluding hydrogens is 178 g/mol. The van der Waals surface area contributed by atoms with Crippen molar-refractivity contribution in [1.82, 2.24) is 0 Å². The molecular formula is C11H17NO2. The molecule has 0 fully saturated rings. The Morgan fingerprint density at radius 2 is 2.14 bits per heavy atom. The van der Waals surface area contributed by atoms with Gasteiger partial charge in [0.2, 0.25) is 0 Å². The Labute approximate surface area is 84.5 Å². The fraction of sp³-hybridized carbons (Fsp3) is 0.455. The average molecular weight is 195 g/mol. The van der Waals surface area contributed by atoms with Gasteiger partial charge in [-0.05, 0) is 18.1 Å². The van der Waals surface area contributed by atoms with E-state index in [1.807, 2.05) is 24.3 Å². The summed E-state index contributed by atoms with van der Waals surface area (Å²) in [6.45, 7) is 2.38. The number of benzene rings is 1. The summed E-state index contributed by atoms with van der Waals surface area (Å²) in [5, 5.41) is 8.73. The van der Waals surface area contributed by atoms with Gasteiger partial charge in [0.15, 0.2) is 0 Å². The van der Waals surface area contributed by atoms with Crippen LogP contribution >= 0.6 is 0 Å². The van der Waals surface area contributed by atoms with Crippen molar-refractivity contribution in [3.8, 4) is 5.75 Å². The number of rotatable bonds is 5. The van der Waals surface area contributed by atoms with Gasteiger partial charge in [0.1, 0.15) is 12.4 Å². The van der Waals surface area contributed by atoms with Gasteiger partial charge in [-0.2, -0.15) is 0 Å². The van der Waals surface area contributed by atoms with E-state index in [0.29, 0.717) is 6.61 Å². The lowest BCUT2D eigenvalue weighted by atomic mass is 10.1. The number of hydrogen-bond donors (Lipinski definition) is 2. The molecule has 0 saturated heterocycles. The molecule has 0 saturated carbocycles. The summed E-state index contributed by atoms with van der Waals surface area (Å²) in [4.78, 5) is 0. The minimum atomic E-state index is -0.306. The molecule has 14 heavy (non-hydrogen) atoms. The Kier molecular flexibility index (Phi) is 4.43. The summed E-state index contributed by atoms with van der Waals surface area (Å²) in [7, 11) is 0. The highest BCUT2D eigenvalue weighted by Crippen LogP contribution is 2.18. The predicted molar refractivity (Wildman–Crippen MR) is 56.4 cm³/mol. The zero-order valence-electron chi connectivity index (χ0n) is 8.44. The molecule has 0 spiro atoms. The summed E-state index contributed by atoms with van der Waals surface area (Å²) >= 11 is 0. The van der Waals surface area contributed by atoms with Crippen molar-refractivity contribution < 1.29 is 9.84 Å². The van der Waals surface area contributed by atoms with E-state index >= 15 is 0 Å². The van der Waals surface area contributed by atoms with Crippen molar-refractivity contribution in [2.75, 3.05) is 13.2 Å². The lowest BCUT2D eigenvalue weighted by molar-refractivity contribution is 0.206. The molecule has 3 nitrogen and oxygen atoms in total. The minimum absolute atomic E-state index is 0.0473. The third kappa shape index (κ3) is 3.01. The summed E-state index contributed by atoms with van der Waals surface area (Å²) in [5.74, 6) is 0.860. The molecule has 0 aliphatic carbocycles. The van der Waals surface area contributed by atoms with Crippen LogP contribution in [-0.2, 0) is 6.42 Å². The number of aryl methyl sites for hydroxylation is 1. The Hall–Kier alpha value is -1.06. The molecule has 1 atom stereocenters. The van der Waals surface area contributed by atoms with Crippen molar-refractivity contribution in [1.29, 1.82) is 0 Å². The fourth-order valence-corrected chi connectivity index (χ4v) is 1.19. The Morgan fingerprint density at radius 1 is 1.43 bits per heavy atom. The van der Waals surface area contributed by atoms with Crippen molar-refractivity contribution in [3.63, 3.8) is 0 Å². The van der Waals surface area contributed by atoms with Gasteiger partial charge in [-0.25, -0.2) is 0 Å². The van der Waals surface area contributed by atoms with Crippen LogP contribution in [0.4, 0.5) is 0 Å². The quantitative estimate of drug-likeness (QED) is 0.735. The van der Waals surface area contributed by atoms with Crippen LogP contribution in [0.1, 0.15) is 12.5 Å². The largest absolute Gasteiger partial charge is 0.492 e. The first-order valence-electron chi connectivity index (χ1n) is 4.85. The van der Waals surface area contributed by atoms with Crippen LogP contribution in [0.25, 0.3) is 0 Å². The highest BCUT2D eigenvalue weighted by atomic mass is 16.5. The fourth-order valence-electron chi connectivity index (χ4n) is 1.19. The molecule has 3 heteroatoms. The standard InChI is InChI=1S/C11H17NO2/c1-2-9-5-3-4-6-11(9)14-8-10(12)7-13/h3-6,10,13H,2,7-8,12H2,1H3. The van der Waals surface area contributed by atoms with Crippen LogP contribution in [0.15, 0.2) is 24.3 Å². The lowest BCUT2D eigenvalue weighted by Gasteiger charge is -2.13. The minimum Gasteiger partial charge on any atom is -0.492 e. The molecule has 0 heterocycles. The monoisotopic (exact) mass is 195 g/mol. The van der Waals surface area contributed by atoms with E-state index in [0.717, 1.165) is 17.7 Å². The van der Waals surface area contributed by atoms with Crippen molar-refractivity contribution in [3.05, 3.63) is 29.8 Å². The Balaban J connectivity index is 2.57. The van der Waals surface area contributed by atoms with E-state index in [1.165, 1.54) is 0 Å². The van der Waals surface area contributed by atoms with E-state index in [9.17, 15) is 0 Å². The van der Waals surface area contributed by atoms with Crippen LogP contribution in [0.3, 0.4) is 0 Å². The second-order valence-electron chi connectivity index (χ2n) is 3.21. The molecule has 0 aromatic heterocycles. The van der Waals surface area contributed by atoms with Crippen molar-refractivity contribution >= 4 is 0 Å². The smallest absolute Gasteiger partial charge is 0.122 e. The molecule has 1 aromatic carbocycles. The summed E-state index contributed by atoms with van der Waals surface area (Å²) in [6, 6.07) is 7.55. The van der Waals surface area contributed by atoms with Gasteiger partial charge in [-0.1, -0.05) is 25.1 Å². The Bertz CT molecular complexity index is 276. The molecule has 0 aliphatic heterocycles. The highest BCUT2D eigenvalue weighted by molar-refractivity contribution is 5.33. The normalized spacial score (nSPS) is 12.5. The number of ether oxygens (including phenoxy) is 1. The maximum Gasteiger partial charge on any atom is 0.122 e. The van der Waals surface area contributed by atoms with Gasteiger partial charge in [0, 0.05) is 0 Å². The number of nitrogens with two attached hydrogens (primary N) is 1. The van der Waals surface area contributed by atoms with E-state index in [-0.39, 0.29) is 12.6 Å². The topological polar surface area (TPSA) is 55.5 Å². The molecule has 1 unspecified atom stereocenters. The first-order valence-corrected chi connectivity index (χ1v) is 4.85. The zero-order chi connectivity index (χ0) is 10.4. The summed E-state index contributed by atoms with van der Waals surface area (Å²) in [6.07, 6.45) is 0.935. The van der Waals surface area contributed by atoms with Crippen LogP contribution in [0.2, 0.25) is 0 Å². The maximum absolute atomic E-state index is 8.73. The third-order valence-electron chi connectivity index (χ3n) is 2.04. The van der Waals surface area contributed by atoms with E-state index in [1.54, 1.807) is 0 Å². The first-order chi connectivity index (χ1) is 6.77. The number of aliphatic hydroxyl groups is 1. The number of hydrogen-bond acceptors (Lipinski definition) is 3. The average Bonchev–Trinajstić information content (AvgIpc) is 2.26. The van der Waals surface area contributed by atoms with Crippen LogP contribution in [-0.4, -0.2) is 24.4 Å². The molecule has 0 aliphatic rings. The maximum atomic E-state index is 8.73. The predicted octanol–water partition coefficient (Wildman–Crippen LogP) is 0.947. The van der Waals surface area contributed by atoms with Crippen LogP contribution < -0.4 is 10.5 Å². The number of para-hydroxylation sites is 1. The first kappa shape index (κ1) is 11.0. The second kappa shape index (κ2) is 5.62. The molecule has 0 bridgehead atoms. The van der Waals surface area contributed by atoms with Gasteiger partial charge < -0.3 is 15.6 Å². The second-order valence-corrected chi connectivity index (χ2v) is 3.21. The molecule has 78 valence electrons. The lowest BCUT2D eigenvalue weighted by Crippen LogP contribution is -2.31. The third-order valence-corrected chi connectivity index (χ3v) is 2.04. The Morgan fingerprint density at radius 3 is 2.79 bits per heavy atom. The van der Waals surface area contributed by atoms with Crippen LogP contribution in [0, 0.1) is 0 Å². The summed E-state index contributed by atoms with van der Waals surface area (Å²) in [5.41, 5.74) is 6.70. The van der Waals surface area contributed by atoms with E-state index < -0.39 is 0 Å². The van der Waals surface area contributed by atoms with Crippen molar-refractivity contribution in [2.45, 2.75) is 19.4 Å². The number of aliphatic hydroxyl groups excluding tert-OH is 1. The molecule has 3 N–H and O–H groups in total.